The predicted molar refractivity (Wildman–Crippen MR) is 57.9 cm³/mol. The lowest BCUT2D eigenvalue weighted by Gasteiger charge is -2.14. The van der Waals surface area contributed by atoms with Gasteiger partial charge in [0.05, 0.1) is 7.11 Å². The van der Waals surface area contributed by atoms with Gasteiger partial charge in [-0.05, 0) is 49.1 Å². The molecule has 1 heterocycles. The zero-order valence-electron chi connectivity index (χ0n) is 9.27. The van der Waals surface area contributed by atoms with Crippen LogP contribution >= 0.6 is 0 Å². The fourth-order valence-electron chi connectivity index (χ4n) is 2.08. The molecule has 0 unspecified atom stereocenters. The largest absolute Gasteiger partial charge is 0.496 e. The molecule has 1 atom stereocenters. The molecule has 1 saturated heterocycles. The summed E-state index contributed by atoms with van der Waals surface area (Å²) in [6, 6.07) is 2.72. The number of hydrogen-bond donors (Lipinski definition) is 1. The smallest absolute Gasteiger partial charge is 0.122 e. The summed E-state index contributed by atoms with van der Waals surface area (Å²) in [4.78, 5) is 0. The van der Waals surface area contributed by atoms with E-state index in [9.17, 15) is 0 Å². The third-order valence-corrected chi connectivity index (χ3v) is 3.09. The minimum atomic E-state index is 0.583. The number of aryl methyl sites for hydroxylation is 1. The van der Waals surface area contributed by atoms with Crippen LogP contribution in [0.5, 0.6) is 5.75 Å². The third-order valence-electron chi connectivity index (χ3n) is 3.09. The zero-order chi connectivity index (χ0) is 10.3. The second-order valence-electron chi connectivity index (χ2n) is 4.02. The van der Waals surface area contributed by atoms with E-state index < -0.39 is 0 Å². The van der Waals surface area contributed by atoms with Crippen LogP contribution in [-0.4, -0.2) is 13.7 Å². The molecule has 1 aliphatic heterocycles. The van der Waals surface area contributed by atoms with Gasteiger partial charge in [0.2, 0.25) is 0 Å². The van der Waals surface area contributed by atoms with Crippen LogP contribution in [0.25, 0.3) is 0 Å². The predicted octanol–water partition coefficient (Wildman–Crippen LogP) is 2.26. The van der Waals surface area contributed by atoms with E-state index in [-0.39, 0.29) is 0 Å². The first-order valence-corrected chi connectivity index (χ1v) is 5.03. The topological polar surface area (TPSA) is 31.2 Å². The van der Waals surface area contributed by atoms with Crippen molar-refractivity contribution in [2.24, 2.45) is 0 Å². The van der Waals surface area contributed by atoms with Crippen LogP contribution < -0.4 is 10.1 Å². The van der Waals surface area contributed by atoms with Crippen molar-refractivity contribution < 1.29 is 4.74 Å². The molecule has 2 nitrogen and oxygen atoms in total. The van der Waals surface area contributed by atoms with Gasteiger partial charge in [-0.1, -0.05) is 0 Å². The Hall–Kier alpha value is -1.02. The summed E-state index contributed by atoms with van der Waals surface area (Å²) in [5, 5.41) is 3.36. The molecule has 1 aliphatic rings. The van der Waals surface area contributed by atoms with Gasteiger partial charge in [-0.3, -0.25) is 0 Å². The van der Waals surface area contributed by atoms with Crippen molar-refractivity contribution in [2.45, 2.75) is 26.8 Å². The van der Waals surface area contributed by atoms with Crippen LogP contribution in [0.15, 0.2) is 6.07 Å². The van der Waals surface area contributed by atoms with Crippen molar-refractivity contribution >= 4 is 0 Å². The van der Waals surface area contributed by atoms with Gasteiger partial charge in [-0.2, -0.15) is 0 Å². The Morgan fingerprint density at radius 1 is 1.29 bits per heavy atom. The lowest BCUT2D eigenvalue weighted by atomic mass is 9.95. The maximum Gasteiger partial charge on any atom is 0.122 e. The van der Waals surface area contributed by atoms with Crippen LogP contribution in [0.2, 0.25) is 0 Å². The van der Waals surface area contributed by atoms with E-state index >= 15 is 0 Å². The quantitative estimate of drug-likeness (QED) is 0.727. The van der Waals surface area contributed by atoms with Crippen LogP contribution in [0.4, 0.5) is 0 Å². The third kappa shape index (κ3) is 1.40. The van der Waals surface area contributed by atoms with E-state index in [1.54, 1.807) is 7.11 Å². The maximum atomic E-state index is 5.34. The Bertz CT molecular complexity index is 367. The van der Waals surface area contributed by atoms with E-state index in [0.29, 0.717) is 6.04 Å². The lowest BCUT2D eigenvalue weighted by molar-refractivity contribution is 0.410. The van der Waals surface area contributed by atoms with Crippen LogP contribution in [0.3, 0.4) is 0 Å². The highest BCUT2D eigenvalue weighted by Crippen LogP contribution is 2.34. The van der Waals surface area contributed by atoms with E-state index in [4.69, 9.17) is 4.74 Å². The summed E-state index contributed by atoms with van der Waals surface area (Å²) in [7, 11) is 1.73. The highest BCUT2D eigenvalue weighted by atomic mass is 16.5. The first-order chi connectivity index (χ1) is 6.65. The summed E-state index contributed by atoms with van der Waals surface area (Å²) in [6.07, 6.45) is 0. The molecular formula is C12H17NO. The molecule has 0 aliphatic carbocycles. The van der Waals surface area contributed by atoms with Gasteiger partial charge in [-0.25, -0.2) is 0 Å². The Balaban J connectivity index is 2.56. The van der Waals surface area contributed by atoms with E-state index in [2.05, 4.69) is 32.2 Å². The average Bonchev–Trinajstić information content (AvgIpc) is 2.95. The summed E-state index contributed by atoms with van der Waals surface area (Å²) < 4.78 is 5.34. The van der Waals surface area contributed by atoms with E-state index in [1.807, 2.05) is 0 Å². The molecule has 2 rings (SSSR count). The van der Waals surface area contributed by atoms with Crippen LogP contribution in [0, 0.1) is 20.8 Å². The van der Waals surface area contributed by atoms with Gasteiger partial charge >= 0.3 is 0 Å². The highest BCUT2D eigenvalue weighted by Gasteiger charge is 2.27. The summed E-state index contributed by atoms with van der Waals surface area (Å²) in [5.74, 6) is 1.00. The second-order valence-corrected chi connectivity index (χ2v) is 4.02. The van der Waals surface area contributed by atoms with Crippen molar-refractivity contribution in [3.05, 3.63) is 28.3 Å². The summed E-state index contributed by atoms with van der Waals surface area (Å²) in [6.45, 7) is 7.58. The molecular weight excluding hydrogens is 174 g/mol. The number of methoxy groups -OCH3 is 1. The van der Waals surface area contributed by atoms with Gasteiger partial charge in [0.15, 0.2) is 0 Å². The maximum absolute atomic E-state index is 5.34. The first-order valence-electron chi connectivity index (χ1n) is 5.03. The molecule has 1 fully saturated rings. The Morgan fingerprint density at radius 2 is 1.93 bits per heavy atom. The van der Waals surface area contributed by atoms with Crippen LogP contribution in [0.1, 0.15) is 28.3 Å². The number of ether oxygens (including phenoxy) is 1. The molecule has 0 saturated carbocycles. The molecule has 0 radical (unpaired) electrons. The minimum absolute atomic E-state index is 0.583. The fourth-order valence-corrected chi connectivity index (χ4v) is 2.08. The van der Waals surface area contributed by atoms with Gasteiger partial charge < -0.3 is 10.1 Å². The molecule has 0 amide bonds. The molecule has 0 aromatic heterocycles. The van der Waals surface area contributed by atoms with Crippen molar-refractivity contribution in [1.29, 1.82) is 0 Å². The van der Waals surface area contributed by atoms with E-state index in [0.717, 1.165) is 12.3 Å². The molecule has 2 heteroatoms. The minimum Gasteiger partial charge on any atom is -0.496 e. The number of rotatable bonds is 2. The Labute approximate surface area is 85.3 Å². The molecule has 0 bridgehead atoms. The SMILES string of the molecule is COc1cc(C)c([C@H]2CN2)c(C)c1C. The second kappa shape index (κ2) is 3.28. The van der Waals surface area contributed by atoms with Crippen molar-refractivity contribution in [3.63, 3.8) is 0 Å². The van der Waals surface area contributed by atoms with Gasteiger partial charge in [0, 0.05) is 12.6 Å². The van der Waals surface area contributed by atoms with Gasteiger partial charge in [0.25, 0.3) is 0 Å². The lowest BCUT2D eigenvalue weighted by Crippen LogP contribution is -1.99. The first kappa shape index (κ1) is 9.53. The highest BCUT2D eigenvalue weighted by molar-refractivity contribution is 5.50. The number of benzene rings is 1. The van der Waals surface area contributed by atoms with Gasteiger partial charge in [-0.15, -0.1) is 0 Å². The standard InChI is InChI=1S/C12H17NO/c1-7-5-11(14-4)8(2)9(3)12(7)10-6-13-10/h5,10,13H,6H2,1-4H3/t10-/m1/s1. The molecule has 76 valence electrons. The average molecular weight is 191 g/mol. The summed E-state index contributed by atoms with van der Waals surface area (Å²) in [5.41, 5.74) is 5.43. The zero-order valence-corrected chi connectivity index (χ0v) is 9.27. The number of hydrogen-bond acceptors (Lipinski definition) is 2. The van der Waals surface area contributed by atoms with E-state index in [1.165, 1.54) is 22.3 Å². The molecule has 14 heavy (non-hydrogen) atoms. The Morgan fingerprint density at radius 3 is 2.43 bits per heavy atom. The molecule has 1 aromatic rings. The molecule has 0 spiro atoms. The fraction of sp³-hybridized carbons (Fsp3) is 0.500. The monoisotopic (exact) mass is 191 g/mol. The van der Waals surface area contributed by atoms with Crippen LogP contribution in [-0.2, 0) is 0 Å². The van der Waals surface area contributed by atoms with Crippen molar-refractivity contribution in [1.82, 2.24) is 5.32 Å². The van der Waals surface area contributed by atoms with Crippen molar-refractivity contribution in [3.8, 4) is 5.75 Å². The van der Waals surface area contributed by atoms with Crippen molar-refractivity contribution in [2.75, 3.05) is 13.7 Å². The molecule has 1 N–H and O–H groups in total. The summed E-state index contributed by atoms with van der Waals surface area (Å²) >= 11 is 0. The number of nitrogens with one attached hydrogen (secondary N) is 1. The normalized spacial score (nSPS) is 19.6. The van der Waals surface area contributed by atoms with Gasteiger partial charge in [0.1, 0.15) is 5.75 Å². The molecule has 1 aromatic carbocycles. The Kier molecular flexibility index (Phi) is 2.23.